The van der Waals surface area contributed by atoms with Gasteiger partial charge in [-0.15, -0.1) is 0 Å². The van der Waals surface area contributed by atoms with Crippen LogP contribution in [0.4, 0.5) is 8.78 Å². The van der Waals surface area contributed by atoms with Gasteiger partial charge in [-0.25, -0.2) is 0 Å². The second kappa shape index (κ2) is 5.86. The third-order valence-electron chi connectivity index (χ3n) is 1.57. The van der Waals surface area contributed by atoms with E-state index in [1.165, 1.54) is 0 Å². The van der Waals surface area contributed by atoms with E-state index in [-0.39, 0.29) is 0 Å². The first-order chi connectivity index (χ1) is 6.77. The van der Waals surface area contributed by atoms with Crippen molar-refractivity contribution in [2.45, 2.75) is 12.7 Å². The summed E-state index contributed by atoms with van der Waals surface area (Å²) in [5, 5.41) is 0. The normalized spacial score (nSPS) is 15.6. The summed E-state index contributed by atoms with van der Waals surface area (Å²) in [7, 11) is -3.00. The Kier molecular flexibility index (Phi) is 5.51. The molecule has 1 aliphatic heterocycles. The Bertz CT molecular complexity index is 305. The molecule has 0 bridgehead atoms. The zero-order valence-corrected chi connectivity index (χ0v) is 9.29. The lowest BCUT2D eigenvalue weighted by atomic mass is 10.6. The Morgan fingerprint density at radius 1 is 1.47 bits per heavy atom. The maximum atomic E-state index is 10.7. The molecular formula is C7H14F2N2O3S. The summed E-state index contributed by atoms with van der Waals surface area (Å²) in [6, 6.07) is 0. The van der Waals surface area contributed by atoms with Gasteiger partial charge in [-0.05, 0) is 6.92 Å². The first-order valence-corrected chi connectivity index (χ1v) is 5.64. The molecule has 0 saturated heterocycles. The molecule has 0 spiro atoms. The molecule has 0 aromatic heterocycles. The number of hydrogen-bond acceptors (Lipinski definition) is 4. The van der Waals surface area contributed by atoms with E-state index >= 15 is 0 Å². The lowest BCUT2D eigenvalue weighted by Crippen LogP contribution is -2.21. The van der Waals surface area contributed by atoms with Gasteiger partial charge in [-0.1, -0.05) is 0 Å². The van der Waals surface area contributed by atoms with E-state index in [4.69, 9.17) is 13.0 Å². The van der Waals surface area contributed by atoms with Crippen LogP contribution in [0, 0.1) is 0 Å². The van der Waals surface area contributed by atoms with E-state index in [1.807, 2.05) is 0 Å². The lowest BCUT2D eigenvalue weighted by Gasteiger charge is -2.14. The maximum Gasteiger partial charge on any atom is 0.361 e. The van der Waals surface area contributed by atoms with Crippen molar-refractivity contribution in [3.63, 3.8) is 0 Å². The van der Waals surface area contributed by atoms with Gasteiger partial charge >= 0.3 is 15.9 Å². The molecule has 1 rings (SSSR count). The molecule has 0 aliphatic carbocycles. The van der Waals surface area contributed by atoms with Crippen molar-refractivity contribution in [2.75, 3.05) is 20.3 Å². The average Bonchev–Trinajstić information content (AvgIpc) is 2.50. The second-order valence-corrected chi connectivity index (χ2v) is 4.26. The summed E-state index contributed by atoms with van der Waals surface area (Å²) in [6.45, 7) is 4.32. The Labute approximate surface area is 87.7 Å². The Balaban J connectivity index is 0.000000265. The number of halogens is 2. The SMILES string of the molecule is CCN1C=CN(C)C1.O=S(=O)(O)C(F)F. The highest BCUT2D eigenvalue weighted by molar-refractivity contribution is 7.86. The molecule has 0 unspecified atom stereocenters. The van der Waals surface area contributed by atoms with Crippen LogP contribution >= 0.6 is 0 Å². The summed E-state index contributed by atoms with van der Waals surface area (Å²) in [5.74, 6) is -3.67. The van der Waals surface area contributed by atoms with Crippen molar-refractivity contribution in [3.8, 4) is 0 Å². The van der Waals surface area contributed by atoms with Crippen LogP contribution in [0.1, 0.15) is 6.92 Å². The summed E-state index contributed by atoms with van der Waals surface area (Å²) in [6.07, 6.45) is 4.20. The number of rotatable bonds is 2. The quantitative estimate of drug-likeness (QED) is 0.727. The molecule has 5 nitrogen and oxygen atoms in total. The first-order valence-electron chi connectivity index (χ1n) is 4.14. The molecule has 0 amide bonds. The molecule has 0 fully saturated rings. The average molecular weight is 244 g/mol. The van der Waals surface area contributed by atoms with Crippen molar-refractivity contribution in [1.82, 2.24) is 9.80 Å². The Morgan fingerprint density at radius 2 is 1.93 bits per heavy atom. The largest absolute Gasteiger partial charge is 0.362 e. The standard InChI is InChI=1S/C6H12N2.CH2F2O3S/c1-3-8-5-4-7(2)6-8;2-1(3)7(4,5)6/h4-5H,3,6H2,1-2H3;1H,(H,4,5,6). The molecule has 0 aromatic rings. The van der Waals surface area contributed by atoms with Crippen molar-refractivity contribution in [1.29, 1.82) is 0 Å². The fourth-order valence-electron chi connectivity index (χ4n) is 0.794. The van der Waals surface area contributed by atoms with E-state index < -0.39 is 15.9 Å². The highest BCUT2D eigenvalue weighted by Gasteiger charge is 2.18. The molecule has 8 heteroatoms. The molecule has 15 heavy (non-hydrogen) atoms. The lowest BCUT2D eigenvalue weighted by molar-refractivity contribution is 0.217. The van der Waals surface area contributed by atoms with Crippen LogP contribution in [0.2, 0.25) is 0 Å². The highest BCUT2D eigenvalue weighted by Crippen LogP contribution is 2.01. The minimum Gasteiger partial charge on any atom is -0.362 e. The third kappa shape index (κ3) is 6.24. The van der Waals surface area contributed by atoms with Crippen LogP contribution in [0.3, 0.4) is 0 Å². The molecule has 0 radical (unpaired) electrons. The van der Waals surface area contributed by atoms with Gasteiger partial charge in [0.15, 0.2) is 0 Å². The monoisotopic (exact) mass is 244 g/mol. The van der Waals surface area contributed by atoms with E-state index in [1.54, 1.807) is 0 Å². The van der Waals surface area contributed by atoms with Crippen molar-refractivity contribution >= 4 is 10.1 Å². The molecule has 1 heterocycles. The van der Waals surface area contributed by atoms with Crippen LogP contribution in [0.15, 0.2) is 12.4 Å². The predicted molar refractivity (Wildman–Crippen MR) is 51.7 cm³/mol. The van der Waals surface area contributed by atoms with E-state index in [2.05, 4.69) is 36.2 Å². The molecular weight excluding hydrogens is 230 g/mol. The van der Waals surface area contributed by atoms with Crippen molar-refractivity contribution in [3.05, 3.63) is 12.4 Å². The third-order valence-corrected chi connectivity index (χ3v) is 2.02. The molecule has 0 atom stereocenters. The molecule has 0 aromatic carbocycles. The topological polar surface area (TPSA) is 60.9 Å². The van der Waals surface area contributed by atoms with E-state index in [0.29, 0.717) is 0 Å². The molecule has 0 saturated carbocycles. The summed E-state index contributed by atoms with van der Waals surface area (Å²) < 4.78 is 47.0. The van der Waals surface area contributed by atoms with Crippen LogP contribution in [0.5, 0.6) is 0 Å². The fraction of sp³-hybridized carbons (Fsp3) is 0.714. The minimum absolute atomic E-state index is 1.05. The molecule has 1 aliphatic rings. The molecule has 90 valence electrons. The second-order valence-electron chi connectivity index (χ2n) is 2.88. The zero-order chi connectivity index (χ0) is 12.1. The Hall–Kier alpha value is -0.890. The molecule has 1 N–H and O–H groups in total. The van der Waals surface area contributed by atoms with E-state index in [9.17, 15) is 8.78 Å². The number of alkyl halides is 2. The van der Waals surface area contributed by atoms with Gasteiger partial charge in [0.25, 0.3) is 0 Å². The van der Waals surface area contributed by atoms with Crippen LogP contribution in [0.25, 0.3) is 0 Å². The van der Waals surface area contributed by atoms with Gasteiger partial charge in [0.05, 0.1) is 6.67 Å². The summed E-state index contributed by atoms with van der Waals surface area (Å²) in [5.41, 5.74) is 0. The Morgan fingerprint density at radius 3 is 2.07 bits per heavy atom. The maximum absolute atomic E-state index is 10.7. The van der Waals surface area contributed by atoms with Gasteiger partial charge in [0, 0.05) is 26.0 Å². The fourth-order valence-corrected chi connectivity index (χ4v) is 0.794. The van der Waals surface area contributed by atoms with Gasteiger partial charge in [-0.2, -0.15) is 17.2 Å². The van der Waals surface area contributed by atoms with Gasteiger partial charge in [0.2, 0.25) is 0 Å². The van der Waals surface area contributed by atoms with Crippen molar-refractivity contribution in [2.24, 2.45) is 0 Å². The summed E-state index contributed by atoms with van der Waals surface area (Å²) in [4.78, 5) is 4.41. The highest BCUT2D eigenvalue weighted by atomic mass is 32.2. The van der Waals surface area contributed by atoms with Gasteiger partial charge in [0.1, 0.15) is 0 Å². The number of nitrogens with zero attached hydrogens (tertiary/aromatic N) is 2. The van der Waals surface area contributed by atoms with Crippen LogP contribution in [-0.4, -0.2) is 48.8 Å². The predicted octanol–water partition coefficient (Wildman–Crippen LogP) is 0.779. The minimum atomic E-state index is -5.07. The van der Waals surface area contributed by atoms with Gasteiger partial charge in [-0.3, -0.25) is 4.55 Å². The smallest absolute Gasteiger partial charge is 0.361 e. The van der Waals surface area contributed by atoms with E-state index in [0.717, 1.165) is 13.2 Å². The van der Waals surface area contributed by atoms with Gasteiger partial charge < -0.3 is 9.80 Å². The van der Waals surface area contributed by atoms with Crippen LogP contribution in [-0.2, 0) is 10.1 Å². The van der Waals surface area contributed by atoms with Crippen LogP contribution < -0.4 is 0 Å². The number of hydrogen-bond donors (Lipinski definition) is 1. The first kappa shape index (κ1) is 14.1. The zero-order valence-electron chi connectivity index (χ0n) is 8.47. The van der Waals surface area contributed by atoms with Crippen molar-refractivity contribution < 1.29 is 21.8 Å². The summed E-state index contributed by atoms with van der Waals surface area (Å²) >= 11 is 0.